The fourth-order valence-electron chi connectivity index (χ4n) is 3.38. The summed E-state index contributed by atoms with van der Waals surface area (Å²) >= 11 is 0. The van der Waals surface area contributed by atoms with Gasteiger partial charge in [0.1, 0.15) is 11.6 Å². The Labute approximate surface area is 181 Å². The van der Waals surface area contributed by atoms with E-state index in [0.717, 1.165) is 18.4 Å². The van der Waals surface area contributed by atoms with E-state index >= 15 is 0 Å². The number of nitrogens with zero attached hydrogens (tertiary/aromatic N) is 1. The maximum Gasteiger partial charge on any atom is 0.266 e. The van der Waals surface area contributed by atoms with Crippen molar-refractivity contribution in [2.24, 2.45) is 0 Å². The molecule has 0 fully saturated rings. The van der Waals surface area contributed by atoms with Gasteiger partial charge in [0.25, 0.3) is 5.89 Å². The number of ketones is 1. The minimum Gasteiger partial charge on any atom is -0.434 e. The zero-order chi connectivity index (χ0) is 22.2. The Morgan fingerprint density at radius 1 is 0.968 bits per heavy atom. The van der Waals surface area contributed by atoms with E-state index in [1.54, 1.807) is 18.2 Å². The van der Waals surface area contributed by atoms with Gasteiger partial charge in [0.05, 0.1) is 6.04 Å². The van der Waals surface area contributed by atoms with Crippen LogP contribution < -0.4 is 10.6 Å². The molecule has 3 rings (SSSR count). The predicted octanol–water partition coefficient (Wildman–Crippen LogP) is 3.43. The first kappa shape index (κ1) is 22.2. The SMILES string of the molecule is CCCC[C@H](NC(=O)[C@H](Cc1ccccc1)NC(C)=O)C(=O)c1nc2ccccc2o1. The van der Waals surface area contributed by atoms with Crippen LogP contribution in [0.15, 0.2) is 59.0 Å². The molecule has 2 amide bonds. The molecule has 2 aromatic carbocycles. The highest BCUT2D eigenvalue weighted by atomic mass is 16.4. The van der Waals surface area contributed by atoms with Gasteiger partial charge in [0.15, 0.2) is 5.58 Å². The first-order valence-corrected chi connectivity index (χ1v) is 10.5. The molecule has 0 aliphatic carbocycles. The molecule has 2 N–H and O–H groups in total. The van der Waals surface area contributed by atoms with Crippen molar-refractivity contribution in [1.29, 1.82) is 0 Å². The molecule has 31 heavy (non-hydrogen) atoms. The molecule has 0 saturated heterocycles. The van der Waals surface area contributed by atoms with E-state index in [0.29, 0.717) is 23.9 Å². The summed E-state index contributed by atoms with van der Waals surface area (Å²) in [7, 11) is 0. The van der Waals surface area contributed by atoms with Crippen LogP contribution >= 0.6 is 0 Å². The van der Waals surface area contributed by atoms with Crippen molar-refractivity contribution in [3.8, 4) is 0 Å². The zero-order valence-corrected chi connectivity index (χ0v) is 17.8. The van der Waals surface area contributed by atoms with Gasteiger partial charge in [-0.1, -0.05) is 62.2 Å². The van der Waals surface area contributed by atoms with E-state index in [1.165, 1.54) is 6.92 Å². The van der Waals surface area contributed by atoms with Gasteiger partial charge in [-0.3, -0.25) is 14.4 Å². The lowest BCUT2D eigenvalue weighted by molar-refractivity contribution is -0.128. The number of rotatable bonds is 10. The standard InChI is InChI=1S/C24H27N3O4/c1-3-4-12-19(22(29)24-27-18-13-8-9-14-21(18)31-24)26-23(30)20(25-16(2)28)15-17-10-6-5-7-11-17/h5-11,13-14,19-20H,3-4,12,15H2,1-2H3,(H,25,28)(H,26,30)/t19-,20-/m0/s1. The number of hydrogen-bond acceptors (Lipinski definition) is 5. The molecule has 0 radical (unpaired) electrons. The van der Waals surface area contributed by atoms with Gasteiger partial charge in [-0.2, -0.15) is 0 Å². The summed E-state index contributed by atoms with van der Waals surface area (Å²) in [6, 6.07) is 15.0. The number of oxazole rings is 1. The quantitative estimate of drug-likeness (QED) is 0.489. The summed E-state index contributed by atoms with van der Waals surface area (Å²) < 4.78 is 5.61. The number of fused-ring (bicyclic) bond motifs is 1. The number of nitrogens with one attached hydrogen (secondary N) is 2. The fraction of sp³-hybridized carbons (Fsp3) is 0.333. The number of benzene rings is 2. The maximum absolute atomic E-state index is 13.1. The lowest BCUT2D eigenvalue weighted by atomic mass is 10.0. The highest BCUT2D eigenvalue weighted by Crippen LogP contribution is 2.17. The smallest absolute Gasteiger partial charge is 0.266 e. The normalized spacial score (nSPS) is 12.8. The number of hydrogen-bond donors (Lipinski definition) is 2. The summed E-state index contributed by atoms with van der Waals surface area (Å²) in [5.41, 5.74) is 2.02. The van der Waals surface area contributed by atoms with Gasteiger partial charge >= 0.3 is 0 Å². The second-order valence-corrected chi connectivity index (χ2v) is 7.50. The number of carbonyl (C=O) groups excluding carboxylic acids is 3. The number of amides is 2. The maximum atomic E-state index is 13.1. The summed E-state index contributed by atoms with van der Waals surface area (Å²) in [6.45, 7) is 3.38. The highest BCUT2D eigenvalue weighted by Gasteiger charge is 2.29. The van der Waals surface area contributed by atoms with E-state index in [4.69, 9.17) is 4.42 Å². The van der Waals surface area contributed by atoms with Crippen molar-refractivity contribution < 1.29 is 18.8 Å². The summed E-state index contributed by atoms with van der Waals surface area (Å²) in [5, 5.41) is 5.51. The third kappa shape index (κ3) is 6.01. The average Bonchev–Trinajstić information content (AvgIpc) is 3.20. The van der Waals surface area contributed by atoms with E-state index in [9.17, 15) is 14.4 Å². The number of Topliss-reactive ketones (excluding diaryl/α,β-unsaturated/α-hetero) is 1. The lowest BCUT2D eigenvalue weighted by Gasteiger charge is -2.22. The van der Waals surface area contributed by atoms with Crippen LogP contribution in [0.1, 0.15) is 49.4 Å². The van der Waals surface area contributed by atoms with Crippen molar-refractivity contribution in [3.63, 3.8) is 0 Å². The van der Waals surface area contributed by atoms with Gasteiger partial charge in [-0.15, -0.1) is 0 Å². The van der Waals surface area contributed by atoms with E-state index in [1.807, 2.05) is 43.3 Å². The molecule has 7 heteroatoms. The van der Waals surface area contributed by atoms with Crippen LogP contribution in [0.2, 0.25) is 0 Å². The molecule has 0 aliphatic rings. The molecule has 0 unspecified atom stereocenters. The van der Waals surface area contributed by atoms with Crippen molar-refractivity contribution in [2.45, 2.75) is 51.6 Å². The number of carbonyl (C=O) groups is 3. The van der Waals surface area contributed by atoms with Gasteiger partial charge in [0.2, 0.25) is 17.6 Å². The van der Waals surface area contributed by atoms with E-state index < -0.39 is 18.0 Å². The van der Waals surface area contributed by atoms with Gasteiger partial charge in [-0.05, 0) is 24.1 Å². The molecule has 1 heterocycles. The minimum absolute atomic E-state index is 0.0262. The van der Waals surface area contributed by atoms with E-state index in [-0.39, 0.29) is 17.6 Å². The number of para-hydroxylation sites is 2. The molecule has 3 aromatic rings. The molecule has 162 valence electrons. The van der Waals surface area contributed by atoms with Crippen molar-refractivity contribution in [2.75, 3.05) is 0 Å². The monoisotopic (exact) mass is 421 g/mol. The second kappa shape index (κ2) is 10.5. The van der Waals surface area contributed by atoms with Crippen molar-refractivity contribution in [1.82, 2.24) is 15.6 Å². The molecule has 7 nitrogen and oxygen atoms in total. The molecule has 0 bridgehead atoms. The Bertz CT molecular complexity index is 1010. The first-order valence-electron chi connectivity index (χ1n) is 10.5. The predicted molar refractivity (Wildman–Crippen MR) is 118 cm³/mol. The summed E-state index contributed by atoms with van der Waals surface area (Å²) in [5.74, 6) is -1.13. The molecule has 0 saturated carbocycles. The topological polar surface area (TPSA) is 101 Å². The highest BCUT2D eigenvalue weighted by molar-refractivity contribution is 6.00. The molecular formula is C24H27N3O4. The average molecular weight is 421 g/mol. The van der Waals surface area contributed by atoms with Gasteiger partial charge in [0, 0.05) is 13.3 Å². The molecular weight excluding hydrogens is 394 g/mol. The molecule has 2 atom stereocenters. The fourth-order valence-corrected chi connectivity index (χ4v) is 3.38. The Hall–Kier alpha value is -3.48. The van der Waals surface area contributed by atoms with Crippen LogP contribution in [-0.4, -0.2) is 34.7 Å². The zero-order valence-electron chi connectivity index (χ0n) is 17.8. The Kier molecular flexibility index (Phi) is 7.54. The van der Waals surface area contributed by atoms with Crippen molar-refractivity contribution >= 4 is 28.7 Å². The summed E-state index contributed by atoms with van der Waals surface area (Å²) in [6.07, 6.45) is 2.40. The largest absolute Gasteiger partial charge is 0.434 e. The summed E-state index contributed by atoms with van der Waals surface area (Å²) in [4.78, 5) is 42.1. The number of unbranched alkanes of at least 4 members (excludes halogenated alkanes) is 1. The second-order valence-electron chi connectivity index (χ2n) is 7.50. The van der Waals surface area contributed by atoms with Crippen LogP contribution in [0.4, 0.5) is 0 Å². The van der Waals surface area contributed by atoms with Crippen LogP contribution in [0, 0.1) is 0 Å². The minimum atomic E-state index is -0.791. The van der Waals surface area contributed by atoms with Crippen LogP contribution in [0.25, 0.3) is 11.1 Å². The Morgan fingerprint density at radius 3 is 2.35 bits per heavy atom. The van der Waals surface area contributed by atoms with Crippen LogP contribution in [-0.2, 0) is 16.0 Å². The van der Waals surface area contributed by atoms with Crippen LogP contribution in [0.3, 0.4) is 0 Å². The Morgan fingerprint density at radius 2 is 1.68 bits per heavy atom. The first-order chi connectivity index (χ1) is 15.0. The van der Waals surface area contributed by atoms with Gasteiger partial charge < -0.3 is 15.1 Å². The van der Waals surface area contributed by atoms with Crippen LogP contribution in [0.5, 0.6) is 0 Å². The lowest BCUT2D eigenvalue weighted by Crippen LogP contribution is -2.52. The molecule has 1 aromatic heterocycles. The van der Waals surface area contributed by atoms with Crippen molar-refractivity contribution in [3.05, 3.63) is 66.1 Å². The third-order valence-electron chi connectivity index (χ3n) is 4.96. The third-order valence-corrected chi connectivity index (χ3v) is 4.96. The Balaban J connectivity index is 1.78. The van der Waals surface area contributed by atoms with Gasteiger partial charge in [-0.25, -0.2) is 4.98 Å². The molecule has 0 spiro atoms. The molecule has 0 aliphatic heterocycles. The number of aromatic nitrogens is 1. The van der Waals surface area contributed by atoms with E-state index in [2.05, 4.69) is 15.6 Å².